The van der Waals surface area contributed by atoms with Crippen molar-refractivity contribution >= 4 is 18.4 Å². The summed E-state index contributed by atoms with van der Waals surface area (Å²) in [5.74, 6) is -0.833. The fraction of sp³-hybridized carbons (Fsp3) is 0.500. The Balaban J connectivity index is 0. The third-order valence-electron chi connectivity index (χ3n) is 2.35. The van der Waals surface area contributed by atoms with E-state index in [1.807, 2.05) is 13.8 Å². The highest BCUT2D eigenvalue weighted by Crippen LogP contribution is 2.29. The van der Waals surface area contributed by atoms with Crippen molar-refractivity contribution in [2.24, 2.45) is 0 Å². The molecule has 7 heteroatoms. The summed E-state index contributed by atoms with van der Waals surface area (Å²) in [4.78, 5) is 9.00. The molecule has 0 aliphatic carbocycles. The minimum atomic E-state index is -4.25. The lowest BCUT2D eigenvalue weighted by Gasteiger charge is -2.13. The van der Waals surface area contributed by atoms with Crippen molar-refractivity contribution < 1.29 is 23.1 Å². The van der Waals surface area contributed by atoms with E-state index in [9.17, 15) is 13.2 Å². The van der Waals surface area contributed by atoms with E-state index in [0.717, 1.165) is 19.5 Å². The molecule has 0 spiro atoms. The second-order valence-electron chi connectivity index (χ2n) is 4.38. The van der Waals surface area contributed by atoms with Crippen molar-refractivity contribution in [3.63, 3.8) is 0 Å². The van der Waals surface area contributed by atoms with Gasteiger partial charge in [0.05, 0.1) is 5.56 Å². The fourth-order valence-electron chi connectivity index (χ4n) is 1.65. The fourth-order valence-corrected chi connectivity index (χ4v) is 1.65. The van der Waals surface area contributed by atoms with E-state index < -0.39 is 17.7 Å². The van der Waals surface area contributed by atoms with Crippen LogP contribution < -0.4 is 5.32 Å². The maximum Gasteiger partial charge on any atom is 0.416 e. The second-order valence-corrected chi connectivity index (χ2v) is 4.38. The predicted octanol–water partition coefficient (Wildman–Crippen LogP) is 3.76. The second kappa shape index (κ2) is 10.5. The molecule has 1 aromatic rings. The smallest absolute Gasteiger partial charge is 0.416 e. The molecule has 1 unspecified atom stereocenters. The summed E-state index contributed by atoms with van der Waals surface area (Å²) in [7, 11) is 0. The van der Waals surface area contributed by atoms with Crippen LogP contribution in [0, 0.1) is 0 Å². The molecule has 1 aromatic carbocycles. The molecule has 21 heavy (non-hydrogen) atoms. The van der Waals surface area contributed by atoms with Crippen LogP contribution in [0.4, 0.5) is 13.2 Å². The van der Waals surface area contributed by atoms with Gasteiger partial charge in [-0.3, -0.25) is 4.79 Å². The molecule has 2 N–H and O–H groups in total. The highest BCUT2D eigenvalue weighted by Gasteiger charge is 2.30. The molecule has 0 aromatic heterocycles. The highest BCUT2D eigenvalue weighted by atomic mass is 35.5. The molecule has 1 rings (SSSR count). The summed E-state index contributed by atoms with van der Waals surface area (Å²) in [6.07, 6.45) is -3.64. The zero-order chi connectivity index (χ0) is 15.8. The Morgan fingerprint density at radius 1 is 1.38 bits per heavy atom. The van der Waals surface area contributed by atoms with Gasteiger partial charge in [0.25, 0.3) is 5.97 Å². The van der Waals surface area contributed by atoms with Crippen molar-refractivity contribution in [1.82, 2.24) is 5.32 Å². The zero-order valence-electron chi connectivity index (χ0n) is 12.2. The number of likely N-dealkylation sites (N-methyl/N-ethyl adjacent to an activating group) is 1. The summed E-state index contributed by atoms with van der Waals surface area (Å²) >= 11 is 0. The number of aliphatic carboxylic acids is 1. The van der Waals surface area contributed by atoms with Crippen LogP contribution >= 0.6 is 12.4 Å². The molecule has 0 bridgehead atoms. The molecule has 0 saturated carbocycles. The van der Waals surface area contributed by atoms with Crippen LogP contribution in [0.15, 0.2) is 24.3 Å². The normalized spacial score (nSPS) is 11.7. The lowest BCUT2D eigenvalue weighted by atomic mass is 10.0. The van der Waals surface area contributed by atoms with E-state index in [1.165, 1.54) is 12.1 Å². The van der Waals surface area contributed by atoms with Gasteiger partial charge in [0.15, 0.2) is 0 Å². The van der Waals surface area contributed by atoms with Gasteiger partial charge in [-0.2, -0.15) is 13.2 Å². The SMILES string of the molecule is CC(=O)O.CCNC(C)Cc1cccc(C(F)(F)F)c1.Cl. The number of nitrogens with one attached hydrogen (secondary N) is 1. The van der Waals surface area contributed by atoms with Gasteiger partial charge < -0.3 is 10.4 Å². The number of carboxylic acid groups (broad SMARTS) is 1. The first kappa shape index (κ1) is 22.0. The molecule has 0 saturated heterocycles. The topological polar surface area (TPSA) is 49.3 Å². The Hall–Kier alpha value is -1.27. The van der Waals surface area contributed by atoms with Gasteiger partial charge in [0.1, 0.15) is 0 Å². The van der Waals surface area contributed by atoms with Gasteiger partial charge in [-0.25, -0.2) is 0 Å². The summed E-state index contributed by atoms with van der Waals surface area (Å²) < 4.78 is 37.3. The lowest BCUT2D eigenvalue weighted by Crippen LogP contribution is -2.27. The molecule has 0 heterocycles. The van der Waals surface area contributed by atoms with Crippen molar-refractivity contribution in [2.45, 2.75) is 39.4 Å². The van der Waals surface area contributed by atoms with Crippen molar-refractivity contribution in [3.05, 3.63) is 35.4 Å². The summed E-state index contributed by atoms with van der Waals surface area (Å²) in [5.41, 5.74) is 0.136. The number of alkyl halides is 3. The summed E-state index contributed by atoms with van der Waals surface area (Å²) in [6, 6.07) is 5.68. The van der Waals surface area contributed by atoms with Crippen molar-refractivity contribution in [3.8, 4) is 0 Å². The Labute approximate surface area is 129 Å². The third kappa shape index (κ3) is 11.1. The Morgan fingerprint density at radius 3 is 2.33 bits per heavy atom. The lowest BCUT2D eigenvalue weighted by molar-refractivity contribution is -0.137. The van der Waals surface area contributed by atoms with Crippen LogP contribution in [-0.2, 0) is 17.4 Å². The van der Waals surface area contributed by atoms with E-state index in [-0.39, 0.29) is 18.4 Å². The van der Waals surface area contributed by atoms with Gasteiger partial charge in [0, 0.05) is 13.0 Å². The summed E-state index contributed by atoms with van der Waals surface area (Å²) in [5, 5.41) is 10.6. The average molecular weight is 328 g/mol. The number of hydrogen-bond donors (Lipinski definition) is 2. The largest absolute Gasteiger partial charge is 0.481 e. The minimum Gasteiger partial charge on any atom is -0.481 e. The molecule has 3 nitrogen and oxygen atoms in total. The Morgan fingerprint density at radius 2 is 1.90 bits per heavy atom. The average Bonchev–Trinajstić information content (AvgIpc) is 2.27. The van der Waals surface area contributed by atoms with Crippen molar-refractivity contribution in [2.75, 3.05) is 6.54 Å². The van der Waals surface area contributed by atoms with E-state index in [4.69, 9.17) is 9.90 Å². The minimum absolute atomic E-state index is 0. The number of carbonyl (C=O) groups is 1. The first-order valence-electron chi connectivity index (χ1n) is 6.25. The van der Waals surface area contributed by atoms with Crippen LogP contribution in [0.5, 0.6) is 0 Å². The first-order valence-corrected chi connectivity index (χ1v) is 6.25. The molecule has 0 amide bonds. The van der Waals surface area contributed by atoms with Crippen LogP contribution in [0.1, 0.15) is 31.9 Å². The molecule has 0 fully saturated rings. The summed E-state index contributed by atoms with van der Waals surface area (Å²) in [6.45, 7) is 5.84. The van der Waals surface area contributed by atoms with Gasteiger partial charge in [-0.1, -0.05) is 25.1 Å². The van der Waals surface area contributed by atoms with E-state index >= 15 is 0 Å². The zero-order valence-corrected chi connectivity index (χ0v) is 13.0. The van der Waals surface area contributed by atoms with Gasteiger partial charge in [-0.05, 0) is 31.5 Å². The molecule has 122 valence electrons. The standard InChI is InChI=1S/C12H16F3N.C2H4O2.ClH/c1-3-16-9(2)7-10-5-4-6-11(8-10)12(13,14)15;1-2(3)4;/h4-6,8-9,16H,3,7H2,1-2H3;1H3,(H,3,4);1H. The number of benzene rings is 1. The predicted molar refractivity (Wildman–Crippen MR) is 78.8 cm³/mol. The molecule has 0 aliphatic rings. The molecule has 0 radical (unpaired) electrons. The van der Waals surface area contributed by atoms with Crippen LogP contribution in [0.25, 0.3) is 0 Å². The third-order valence-corrected chi connectivity index (χ3v) is 2.35. The monoisotopic (exact) mass is 327 g/mol. The highest BCUT2D eigenvalue weighted by molar-refractivity contribution is 5.85. The van der Waals surface area contributed by atoms with Gasteiger partial charge >= 0.3 is 6.18 Å². The molecule has 1 atom stereocenters. The number of hydrogen-bond acceptors (Lipinski definition) is 2. The first-order chi connectivity index (χ1) is 9.16. The molecular weight excluding hydrogens is 307 g/mol. The number of halogens is 4. The van der Waals surface area contributed by atoms with E-state index in [2.05, 4.69) is 5.32 Å². The number of rotatable bonds is 4. The quantitative estimate of drug-likeness (QED) is 0.885. The van der Waals surface area contributed by atoms with E-state index in [0.29, 0.717) is 12.0 Å². The molecular formula is C14H21ClF3NO2. The van der Waals surface area contributed by atoms with Crippen LogP contribution in [-0.4, -0.2) is 23.7 Å². The maximum absolute atomic E-state index is 12.4. The van der Waals surface area contributed by atoms with Gasteiger partial charge in [-0.15, -0.1) is 12.4 Å². The van der Waals surface area contributed by atoms with E-state index in [1.54, 1.807) is 6.07 Å². The van der Waals surface area contributed by atoms with Crippen LogP contribution in [0.2, 0.25) is 0 Å². The maximum atomic E-state index is 12.4. The van der Waals surface area contributed by atoms with Crippen LogP contribution in [0.3, 0.4) is 0 Å². The Bertz CT molecular complexity index is 421. The molecule has 0 aliphatic heterocycles. The van der Waals surface area contributed by atoms with Gasteiger partial charge in [0.2, 0.25) is 0 Å². The Kier molecular flexibility index (Phi) is 11.0. The number of carboxylic acids is 1. The van der Waals surface area contributed by atoms with Crippen molar-refractivity contribution in [1.29, 1.82) is 0 Å².